The lowest BCUT2D eigenvalue weighted by molar-refractivity contribution is 0.103. The standard InChI is InChI=1S/C106H100N4O6S4/c1-7-11-15-19-23-31-55-113-77-47-39-73(40-48-77)105(74-41-49-78(50-42-74)114-56-32-24-20-16-12-8-2)95-99(89-65-81(117-103(89)105)63-87-93(91(67-107)109-5)83-59-69-35-27-29-37-71(69)61-85(83)97(87)111)119-102-96-100(120-101(95)102)90-66-82(64-88-94(92(68-108)110-6)84-60-70-36-28-30-38-72(70)62-86(84)98(88)112)118-104(90)106(96,75-43-51-79(52-44-75)115-57-33-25-21-17-13-9-3)76-45-53-80(54-46-76)116-58-34-26-22-18-14-10-4/h27-30,35-54,59-66H,7-26,31-34,55-58H2,1-4H3/b87-63-,88-64-,93-91+,94-92?. The number of thiophene rings is 4. The minimum absolute atomic E-state index is 0.137. The molecular weight excluding hydrogens is 1550 g/mol. The molecule has 0 saturated heterocycles. The van der Waals surface area contributed by atoms with Gasteiger partial charge in [0.2, 0.25) is 0 Å². The summed E-state index contributed by atoms with van der Waals surface area (Å²) in [7, 11) is 0. The molecule has 10 nitrogen and oxygen atoms in total. The predicted octanol–water partition coefficient (Wildman–Crippen LogP) is 29.9. The van der Waals surface area contributed by atoms with Crippen molar-refractivity contribution in [2.75, 3.05) is 26.4 Å². The van der Waals surface area contributed by atoms with Crippen LogP contribution < -0.4 is 18.9 Å². The van der Waals surface area contributed by atoms with E-state index in [0.717, 1.165) is 179 Å². The Morgan fingerprint density at radius 1 is 0.358 bits per heavy atom. The highest BCUT2D eigenvalue weighted by atomic mass is 32.1. The number of unbranched alkanes of at least 4 members (excludes halogenated alkanes) is 20. The molecule has 4 aliphatic carbocycles. The molecule has 0 aliphatic heterocycles. The molecule has 0 fully saturated rings. The van der Waals surface area contributed by atoms with Gasteiger partial charge in [0, 0.05) is 84.9 Å². The maximum absolute atomic E-state index is 15.4. The zero-order valence-electron chi connectivity index (χ0n) is 69.1. The normalized spacial score (nSPS) is 15.3. The molecule has 0 amide bonds. The van der Waals surface area contributed by atoms with Gasteiger partial charge in [-0.3, -0.25) is 9.59 Å². The molecule has 4 heterocycles. The van der Waals surface area contributed by atoms with Gasteiger partial charge in [0.25, 0.3) is 11.4 Å². The SMILES string of the molecule is [C-]#[N+]C(C#N)=C1/C(=C/c2cc3c(s2)C(c2ccc(OCCCCCCCC)cc2)(c2ccc(OCCCCCCCC)cc2)c2c-3sc3c4c(sc23)-c2cc(/C=C3\C(=O)c5cc6ccccc6cc5\C3=C(\C#N)[N+]#[C-])sc2C4(c2ccc(OCCCCCCCC)cc2)c2ccc(OCCCCCCCC)cc2)C(=O)c2cc3ccccc3cc21. The fourth-order valence-corrected chi connectivity index (χ4v) is 24.4. The largest absolute Gasteiger partial charge is 0.494 e. The summed E-state index contributed by atoms with van der Waals surface area (Å²) in [4.78, 5) is 44.3. The average Bonchev–Trinajstić information content (AvgIpc) is 1.48. The van der Waals surface area contributed by atoms with E-state index in [4.69, 9.17) is 32.1 Å². The van der Waals surface area contributed by atoms with E-state index >= 15 is 9.59 Å². The Balaban J connectivity index is 0.933. The highest BCUT2D eigenvalue weighted by Gasteiger charge is 2.56. The van der Waals surface area contributed by atoms with Crippen molar-refractivity contribution >= 4 is 111 Å². The zero-order valence-corrected chi connectivity index (χ0v) is 72.4. The lowest BCUT2D eigenvalue weighted by Gasteiger charge is -2.33. The maximum Gasteiger partial charge on any atom is 0.270 e. The van der Waals surface area contributed by atoms with Crippen molar-refractivity contribution in [2.24, 2.45) is 0 Å². The Kier molecular flexibility index (Phi) is 25.9. The molecule has 604 valence electrons. The van der Waals surface area contributed by atoms with Crippen LogP contribution in [0.2, 0.25) is 0 Å². The van der Waals surface area contributed by atoms with Crippen molar-refractivity contribution in [3.05, 3.63) is 303 Å². The molecule has 0 unspecified atom stereocenters. The van der Waals surface area contributed by atoms with Gasteiger partial charge >= 0.3 is 0 Å². The van der Waals surface area contributed by atoms with Gasteiger partial charge in [-0.2, -0.15) is 0 Å². The van der Waals surface area contributed by atoms with Gasteiger partial charge in [-0.25, -0.2) is 20.2 Å². The number of carbonyl (C=O) groups excluding carboxylic acids is 2. The number of ether oxygens (including phenoxy) is 4. The number of hydrogen-bond acceptors (Lipinski definition) is 12. The van der Waals surface area contributed by atoms with Crippen LogP contribution in [0.1, 0.15) is 267 Å². The summed E-state index contributed by atoms with van der Waals surface area (Å²) in [5, 5.41) is 25.3. The Hall–Kier alpha value is -11.2. The van der Waals surface area contributed by atoms with Crippen molar-refractivity contribution in [3.8, 4) is 56.0 Å². The molecule has 14 heteroatoms. The second-order valence-corrected chi connectivity index (χ2v) is 36.5. The second-order valence-electron chi connectivity index (χ2n) is 32.3. The van der Waals surface area contributed by atoms with E-state index < -0.39 is 10.8 Å². The molecule has 0 atom stereocenters. The van der Waals surface area contributed by atoms with Crippen LogP contribution in [0.3, 0.4) is 0 Å². The maximum atomic E-state index is 15.4. The van der Waals surface area contributed by atoms with Gasteiger partial charge in [0.05, 0.1) is 71.9 Å². The first-order valence-electron chi connectivity index (χ1n) is 43.5. The fraction of sp³-hybridized carbons (Fsp3) is 0.321. The molecule has 120 heavy (non-hydrogen) atoms. The molecule has 4 aliphatic rings. The number of allylic oxidation sites excluding steroid dienone is 6. The number of carbonyl (C=O) groups is 2. The van der Waals surface area contributed by atoms with Gasteiger partial charge in [-0.05, 0) is 178 Å². The summed E-state index contributed by atoms with van der Waals surface area (Å²) in [5.74, 6) is 2.68. The van der Waals surface area contributed by atoms with Crippen molar-refractivity contribution < 1.29 is 28.5 Å². The fourth-order valence-electron chi connectivity index (χ4n) is 18.4. The average molecular weight is 1650 g/mol. The Labute approximate surface area is 722 Å². The number of ketones is 2. The number of nitrogens with zero attached hydrogens (tertiary/aromatic N) is 4. The summed E-state index contributed by atoms with van der Waals surface area (Å²) in [5.41, 5.74) is 9.55. The first-order chi connectivity index (χ1) is 59.0. The molecule has 0 saturated carbocycles. The van der Waals surface area contributed by atoms with Crippen LogP contribution >= 0.6 is 45.3 Å². The van der Waals surface area contributed by atoms with Crippen LogP contribution in [0.15, 0.2) is 205 Å². The quantitative estimate of drug-likeness (QED) is 0.0162. The highest BCUT2D eigenvalue weighted by molar-refractivity contribution is 7.32. The smallest absolute Gasteiger partial charge is 0.270 e. The first kappa shape index (κ1) is 82.5. The van der Waals surface area contributed by atoms with Gasteiger partial charge < -0.3 is 18.9 Å². The van der Waals surface area contributed by atoms with Gasteiger partial charge in [0.1, 0.15) is 23.0 Å². The van der Waals surface area contributed by atoms with Crippen LogP contribution in [-0.4, -0.2) is 38.0 Å². The zero-order chi connectivity index (χ0) is 82.7. The second kappa shape index (κ2) is 37.6. The van der Waals surface area contributed by atoms with E-state index in [0.29, 0.717) is 71.0 Å². The van der Waals surface area contributed by atoms with Crippen LogP contribution in [-0.2, 0) is 10.8 Å². The highest BCUT2D eigenvalue weighted by Crippen LogP contribution is 2.71. The molecule has 16 rings (SSSR count). The Bertz CT molecular complexity index is 5620. The summed E-state index contributed by atoms with van der Waals surface area (Å²) in [6.07, 6.45) is 31.4. The number of benzene rings is 8. The van der Waals surface area contributed by atoms with Crippen molar-refractivity contribution in [2.45, 2.75) is 193 Å². The van der Waals surface area contributed by atoms with Crippen LogP contribution in [0.5, 0.6) is 23.0 Å². The lowest BCUT2D eigenvalue weighted by atomic mass is 9.70. The number of rotatable bonds is 38. The van der Waals surface area contributed by atoms with Crippen molar-refractivity contribution in [3.63, 3.8) is 0 Å². The Morgan fingerprint density at radius 2 is 0.633 bits per heavy atom. The van der Waals surface area contributed by atoms with Crippen molar-refractivity contribution in [1.29, 1.82) is 10.5 Å². The van der Waals surface area contributed by atoms with Gasteiger partial charge in [-0.15, -0.1) is 45.3 Å². The third kappa shape index (κ3) is 15.8. The molecule has 0 spiro atoms. The first-order valence-corrected chi connectivity index (χ1v) is 46.8. The molecule has 4 aromatic heterocycles. The summed E-state index contributed by atoms with van der Waals surface area (Å²) >= 11 is 6.90. The number of Topliss-reactive ketones (excluding diaryl/α,β-unsaturated/α-hetero) is 2. The molecule has 0 bridgehead atoms. The molecular formula is C106H100N4O6S4. The number of fused-ring (bicyclic) bond motifs is 13. The van der Waals surface area contributed by atoms with E-state index in [9.17, 15) is 10.5 Å². The monoisotopic (exact) mass is 1650 g/mol. The molecule has 0 radical (unpaired) electrons. The van der Waals surface area contributed by atoms with Gasteiger partial charge in [0.15, 0.2) is 11.6 Å². The third-order valence-electron chi connectivity index (χ3n) is 24.5. The third-order valence-corrected chi connectivity index (χ3v) is 29.5. The summed E-state index contributed by atoms with van der Waals surface area (Å²) in [6.45, 7) is 28.3. The Morgan fingerprint density at radius 3 is 0.908 bits per heavy atom. The van der Waals surface area contributed by atoms with Crippen LogP contribution in [0.25, 0.3) is 84.8 Å². The van der Waals surface area contributed by atoms with Crippen LogP contribution in [0.4, 0.5) is 0 Å². The number of nitriles is 2. The predicted molar refractivity (Wildman–Crippen MR) is 496 cm³/mol. The number of hydrogen-bond donors (Lipinski definition) is 0. The molecule has 0 N–H and O–H groups in total. The van der Waals surface area contributed by atoms with E-state index in [1.807, 2.05) is 108 Å². The summed E-state index contributed by atoms with van der Waals surface area (Å²) in [6, 6.07) is 67.5. The lowest BCUT2D eigenvalue weighted by Crippen LogP contribution is -2.28. The summed E-state index contributed by atoms with van der Waals surface area (Å²) < 4.78 is 28.9. The molecule has 8 aromatic carbocycles. The van der Waals surface area contributed by atoms with Gasteiger partial charge in [-0.1, -0.05) is 253 Å². The van der Waals surface area contributed by atoms with E-state index in [2.05, 4.69) is 159 Å². The topological polar surface area (TPSA) is 127 Å². The minimum atomic E-state index is -1.02. The van der Waals surface area contributed by atoms with E-state index in [1.165, 1.54) is 103 Å². The van der Waals surface area contributed by atoms with Crippen molar-refractivity contribution in [1.82, 2.24) is 0 Å². The van der Waals surface area contributed by atoms with Crippen LogP contribution in [0, 0.1) is 35.8 Å². The van der Waals surface area contributed by atoms with E-state index in [1.54, 1.807) is 22.7 Å². The minimum Gasteiger partial charge on any atom is -0.494 e. The van der Waals surface area contributed by atoms with E-state index in [-0.39, 0.29) is 23.0 Å². The molecule has 12 aromatic rings.